The molecule has 44 heavy (non-hydrogen) atoms. The summed E-state index contributed by atoms with van der Waals surface area (Å²) in [5, 5.41) is 9.01. The molecule has 1 aliphatic rings. The summed E-state index contributed by atoms with van der Waals surface area (Å²) in [4.78, 5) is 43.9. The van der Waals surface area contributed by atoms with Crippen LogP contribution in [-0.2, 0) is 28.6 Å². The van der Waals surface area contributed by atoms with Gasteiger partial charge in [-0.1, -0.05) is 72.4 Å². The Hall–Kier alpha value is -3.07. The van der Waals surface area contributed by atoms with Crippen molar-refractivity contribution in [3.63, 3.8) is 0 Å². The van der Waals surface area contributed by atoms with Gasteiger partial charge in [0, 0.05) is 30.9 Å². The molecule has 0 spiro atoms. The van der Waals surface area contributed by atoms with Gasteiger partial charge in [-0.15, -0.1) is 10.1 Å². The highest BCUT2D eigenvalue weighted by Gasteiger charge is 2.36. The van der Waals surface area contributed by atoms with Gasteiger partial charge in [0.2, 0.25) is 5.12 Å². The summed E-state index contributed by atoms with van der Waals surface area (Å²) in [5.41, 5.74) is 8.62. The number of piperazine rings is 1. The maximum absolute atomic E-state index is 12.5. The number of ether oxygens (including phenoxy) is 3. The van der Waals surface area contributed by atoms with Crippen LogP contribution in [0.25, 0.3) is 0 Å². The monoisotopic (exact) mass is 632 g/mol. The Labute approximate surface area is 263 Å². The van der Waals surface area contributed by atoms with Crippen molar-refractivity contribution in [2.24, 2.45) is 5.73 Å². The average molecular weight is 633 g/mol. The Morgan fingerprint density at radius 3 is 2.07 bits per heavy atom. The van der Waals surface area contributed by atoms with Crippen LogP contribution in [0.1, 0.15) is 43.9 Å². The second-order valence-corrected chi connectivity index (χ2v) is 12.7. The van der Waals surface area contributed by atoms with E-state index in [0.29, 0.717) is 26.2 Å². The van der Waals surface area contributed by atoms with Gasteiger partial charge >= 0.3 is 5.97 Å². The van der Waals surface area contributed by atoms with Crippen molar-refractivity contribution in [3.05, 3.63) is 81.9 Å². The fourth-order valence-corrected chi connectivity index (χ4v) is 5.73. The summed E-state index contributed by atoms with van der Waals surface area (Å²) < 4.78 is 15.5. The van der Waals surface area contributed by atoms with E-state index in [-0.39, 0.29) is 37.6 Å². The molecule has 1 heterocycles. The van der Waals surface area contributed by atoms with Crippen molar-refractivity contribution < 1.29 is 33.7 Å². The molecule has 0 bridgehead atoms. The average Bonchev–Trinajstić information content (AvgIpc) is 3.01. The molecular formula is C31H44N4O8S. The van der Waals surface area contributed by atoms with Gasteiger partial charge in [0.25, 0.3) is 5.09 Å². The molecule has 2 aromatic carbocycles. The first-order chi connectivity index (χ1) is 21.2. The lowest BCUT2D eigenvalue weighted by Gasteiger charge is -2.39. The number of carbonyl (C=O) groups excluding carboxylic acids is 2. The Morgan fingerprint density at radius 2 is 1.48 bits per heavy atom. The number of benzene rings is 2. The molecule has 1 aliphatic heterocycles. The van der Waals surface area contributed by atoms with Crippen molar-refractivity contribution >= 4 is 22.8 Å². The van der Waals surface area contributed by atoms with Crippen molar-refractivity contribution in [1.29, 1.82) is 0 Å². The molecule has 1 saturated heterocycles. The van der Waals surface area contributed by atoms with Crippen LogP contribution in [0.15, 0.2) is 60.7 Å². The number of rotatable bonds is 19. The third-order valence-electron chi connectivity index (χ3n) is 7.23. The highest BCUT2D eigenvalue weighted by atomic mass is 32.2. The van der Waals surface area contributed by atoms with E-state index in [1.165, 1.54) is 11.1 Å². The number of nitrogens with zero attached hydrogens (tertiary/aromatic N) is 3. The van der Waals surface area contributed by atoms with Gasteiger partial charge in [-0.3, -0.25) is 19.4 Å². The maximum atomic E-state index is 12.5. The summed E-state index contributed by atoms with van der Waals surface area (Å²) >= 11 is 0.936. The van der Waals surface area contributed by atoms with Gasteiger partial charge in [0.15, 0.2) is 0 Å². The lowest BCUT2D eigenvalue weighted by atomic mass is 9.96. The van der Waals surface area contributed by atoms with Crippen LogP contribution in [0, 0.1) is 10.1 Å². The largest absolute Gasteiger partial charge is 0.464 e. The van der Waals surface area contributed by atoms with Gasteiger partial charge in [-0.25, -0.2) is 0 Å². The fraction of sp³-hybridized carbons (Fsp3) is 0.548. The zero-order valence-electron chi connectivity index (χ0n) is 25.5. The van der Waals surface area contributed by atoms with E-state index in [4.69, 9.17) is 19.9 Å². The zero-order chi connectivity index (χ0) is 31.8. The van der Waals surface area contributed by atoms with Gasteiger partial charge in [-0.2, -0.15) is 0 Å². The SMILES string of the molecule is CC(C)(SC(=O)COCCOCN1CCN(C(c2ccccc2)c2ccccc2)CC1)C(N)C(=O)OCCCCO[N+](=O)[O-]. The van der Waals surface area contributed by atoms with E-state index in [2.05, 4.69) is 63.2 Å². The molecule has 12 nitrogen and oxygen atoms in total. The van der Waals surface area contributed by atoms with Crippen LogP contribution in [-0.4, -0.2) is 103 Å². The molecule has 0 radical (unpaired) electrons. The first-order valence-corrected chi connectivity index (χ1v) is 15.6. The zero-order valence-corrected chi connectivity index (χ0v) is 26.3. The molecule has 3 rings (SSSR count). The highest BCUT2D eigenvalue weighted by Crippen LogP contribution is 2.30. The van der Waals surface area contributed by atoms with Crippen LogP contribution in [0.3, 0.4) is 0 Å². The Kier molecular flexibility index (Phi) is 15.0. The summed E-state index contributed by atoms with van der Waals surface area (Å²) in [7, 11) is 0. The number of unbranched alkanes of at least 4 members (excludes halogenated alkanes) is 1. The van der Waals surface area contributed by atoms with E-state index in [0.717, 1.165) is 37.9 Å². The molecule has 0 aliphatic carbocycles. The standard InChI is InChI=1S/C31H44N4O8S/c1-31(2,29(32)30(37)42-19-9-10-20-43-35(38)39)44-27(36)23-40-21-22-41-24-33-15-17-34(18-16-33)28(25-11-5-3-6-12-25)26-13-7-4-8-14-26/h3-8,11-14,28-29H,9-10,15-24,32H2,1-2H3. The predicted octanol–water partition coefficient (Wildman–Crippen LogP) is 3.28. The molecular weight excluding hydrogens is 588 g/mol. The summed E-state index contributed by atoms with van der Waals surface area (Å²) in [5.74, 6) is -0.642. The minimum atomic E-state index is -1.04. The smallest absolute Gasteiger partial charge is 0.324 e. The minimum Gasteiger partial charge on any atom is -0.464 e. The molecule has 0 saturated carbocycles. The van der Waals surface area contributed by atoms with Gasteiger partial charge in [0.1, 0.15) is 12.6 Å². The summed E-state index contributed by atoms with van der Waals surface area (Å²) in [6, 6.07) is 20.4. The predicted molar refractivity (Wildman–Crippen MR) is 167 cm³/mol. The third kappa shape index (κ3) is 12.1. The highest BCUT2D eigenvalue weighted by molar-refractivity contribution is 8.14. The van der Waals surface area contributed by atoms with Crippen LogP contribution >= 0.6 is 11.8 Å². The van der Waals surface area contributed by atoms with Crippen molar-refractivity contribution in [2.45, 2.75) is 43.5 Å². The molecule has 1 atom stereocenters. The van der Waals surface area contributed by atoms with E-state index in [1.807, 2.05) is 12.1 Å². The Morgan fingerprint density at radius 1 is 0.909 bits per heavy atom. The molecule has 242 valence electrons. The van der Waals surface area contributed by atoms with Gasteiger partial charge in [-0.05, 0) is 37.8 Å². The minimum absolute atomic E-state index is 0.0585. The first-order valence-electron chi connectivity index (χ1n) is 14.8. The van der Waals surface area contributed by atoms with Crippen LogP contribution in [0.4, 0.5) is 0 Å². The fourth-order valence-electron chi connectivity index (χ4n) is 4.78. The molecule has 13 heteroatoms. The van der Waals surface area contributed by atoms with Gasteiger partial charge in [0.05, 0.1) is 39.2 Å². The number of nitrogens with two attached hydrogens (primary N) is 1. The Bertz CT molecular complexity index is 1110. The van der Waals surface area contributed by atoms with Crippen molar-refractivity contribution in [3.8, 4) is 0 Å². The molecule has 0 aromatic heterocycles. The van der Waals surface area contributed by atoms with E-state index in [9.17, 15) is 19.7 Å². The summed E-state index contributed by atoms with van der Waals surface area (Å²) in [6.45, 7) is 7.98. The maximum Gasteiger partial charge on any atom is 0.324 e. The van der Waals surface area contributed by atoms with E-state index >= 15 is 0 Å². The molecule has 2 aromatic rings. The summed E-state index contributed by atoms with van der Waals surface area (Å²) in [6.07, 6.45) is 0.760. The number of carbonyl (C=O) groups is 2. The normalized spacial score (nSPS) is 15.2. The molecule has 2 N–H and O–H groups in total. The Balaban J connectivity index is 1.28. The van der Waals surface area contributed by atoms with Crippen molar-refractivity contribution in [2.75, 3.05) is 65.9 Å². The molecule has 0 amide bonds. The number of hydrogen-bond donors (Lipinski definition) is 1. The number of hydrogen-bond acceptors (Lipinski definition) is 12. The van der Waals surface area contributed by atoms with Crippen molar-refractivity contribution in [1.82, 2.24) is 9.80 Å². The lowest BCUT2D eigenvalue weighted by Crippen LogP contribution is -2.48. The number of esters is 1. The molecule has 1 fully saturated rings. The van der Waals surface area contributed by atoms with Crippen LogP contribution in [0.2, 0.25) is 0 Å². The van der Waals surface area contributed by atoms with Gasteiger partial charge < -0.3 is 24.8 Å². The third-order valence-corrected chi connectivity index (χ3v) is 8.35. The van der Waals surface area contributed by atoms with E-state index < -0.39 is 21.8 Å². The second kappa shape index (κ2) is 18.7. The quantitative estimate of drug-likeness (QED) is 0.105. The number of thioether (sulfide) groups is 1. The molecule has 1 unspecified atom stereocenters. The lowest BCUT2D eigenvalue weighted by molar-refractivity contribution is -0.757. The van der Waals surface area contributed by atoms with Crippen LogP contribution in [0.5, 0.6) is 0 Å². The van der Waals surface area contributed by atoms with Crippen LogP contribution < -0.4 is 5.73 Å². The van der Waals surface area contributed by atoms with E-state index in [1.54, 1.807) is 13.8 Å². The first kappa shape index (κ1) is 35.4. The second-order valence-electron chi connectivity index (χ2n) is 11.0. The topological polar surface area (TPSA) is 147 Å².